The molecule has 0 aliphatic rings. The second-order valence-electron chi connectivity index (χ2n) is 6.26. The van der Waals surface area contributed by atoms with E-state index >= 15 is 0 Å². The normalized spacial score (nSPS) is 14.2. The van der Waals surface area contributed by atoms with Crippen LogP contribution >= 0.6 is 0 Å². The summed E-state index contributed by atoms with van der Waals surface area (Å²) >= 11 is 0. The van der Waals surface area contributed by atoms with Gasteiger partial charge in [-0.15, -0.1) is 0 Å². The number of hydrogen-bond acceptors (Lipinski definition) is 4. The molecule has 1 unspecified atom stereocenters. The molecule has 1 aromatic rings. The lowest BCUT2D eigenvalue weighted by Gasteiger charge is -2.30. The topological polar surface area (TPSA) is 101 Å². The summed E-state index contributed by atoms with van der Waals surface area (Å²) in [6.07, 6.45) is -0.277. The molecule has 0 saturated heterocycles. The van der Waals surface area contributed by atoms with E-state index in [1.54, 1.807) is 41.7 Å². The Morgan fingerprint density at radius 1 is 1.38 bits per heavy atom. The Morgan fingerprint density at radius 3 is 2.24 bits per heavy atom. The number of carboxylic acid groups (broad SMARTS) is 1. The van der Waals surface area contributed by atoms with Crippen molar-refractivity contribution in [3.05, 3.63) is 11.4 Å². The van der Waals surface area contributed by atoms with Crippen LogP contribution in [0, 0.1) is 19.3 Å². The summed E-state index contributed by atoms with van der Waals surface area (Å²) in [5.74, 6) is -1.04. The number of nitrogens with zero attached hydrogens (tertiary/aromatic N) is 2. The van der Waals surface area contributed by atoms with Crippen LogP contribution in [0.5, 0.6) is 0 Å². The van der Waals surface area contributed by atoms with Crippen molar-refractivity contribution in [1.82, 2.24) is 14.5 Å². The van der Waals surface area contributed by atoms with Gasteiger partial charge in [-0.2, -0.15) is 5.10 Å². The molecule has 1 heterocycles. The molecule has 0 aromatic carbocycles. The molecule has 120 valence electrons. The predicted octanol–water partition coefficient (Wildman–Crippen LogP) is 1.20. The van der Waals surface area contributed by atoms with Gasteiger partial charge < -0.3 is 5.11 Å². The molecule has 0 bridgehead atoms. The fraction of sp³-hybridized carbons (Fsp3) is 0.692. The van der Waals surface area contributed by atoms with E-state index in [4.69, 9.17) is 5.11 Å². The number of hydrogen-bond donors (Lipinski definition) is 2. The van der Waals surface area contributed by atoms with Crippen LogP contribution in [0.15, 0.2) is 4.90 Å². The largest absolute Gasteiger partial charge is 0.481 e. The molecule has 2 N–H and O–H groups in total. The fourth-order valence-electron chi connectivity index (χ4n) is 2.09. The number of nitrogens with one attached hydrogen (secondary N) is 1. The Kier molecular flexibility index (Phi) is 4.84. The van der Waals surface area contributed by atoms with Gasteiger partial charge >= 0.3 is 5.97 Å². The SMILES string of the molecule is Cc1nn(C)c(C)c1S(=O)(=O)NC(CC(=O)O)C(C)(C)C. The Bertz CT molecular complexity index is 641. The summed E-state index contributed by atoms with van der Waals surface area (Å²) < 4.78 is 29.1. The molecule has 0 fully saturated rings. The van der Waals surface area contributed by atoms with Crippen molar-refractivity contribution in [2.24, 2.45) is 12.5 Å². The molecular formula is C13H23N3O4S. The van der Waals surface area contributed by atoms with Crippen LogP contribution in [0.25, 0.3) is 0 Å². The first-order valence-electron chi connectivity index (χ1n) is 6.60. The summed E-state index contributed by atoms with van der Waals surface area (Å²) in [6.45, 7) is 8.67. The zero-order valence-corrected chi connectivity index (χ0v) is 14.1. The number of aryl methyl sites for hydroxylation is 2. The van der Waals surface area contributed by atoms with E-state index in [9.17, 15) is 13.2 Å². The third-order valence-electron chi connectivity index (χ3n) is 3.43. The summed E-state index contributed by atoms with van der Waals surface area (Å²) in [5.41, 5.74) is 0.392. The Balaban J connectivity index is 3.21. The number of aromatic nitrogens is 2. The first-order valence-corrected chi connectivity index (χ1v) is 8.09. The van der Waals surface area contributed by atoms with E-state index in [1.807, 2.05) is 0 Å². The van der Waals surface area contributed by atoms with Gasteiger partial charge in [0.1, 0.15) is 4.90 Å². The van der Waals surface area contributed by atoms with E-state index in [-0.39, 0.29) is 11.3 Å². The molecule has 7 nitrogen and oxygen atoms in total. The van der Waals surface area contributed by atoms with Crippen molar-refractivity contribution >= 4 is 16.0 Å². The van der Waals surface area contributed by atoms with Crippen LogP contribution in [0.3, 0.4) is 0 Å². The molecule has 0 amide bonds. The van der Waals surface area contributed by atoms with Gasteiger partial charge in [0, 0.05) is 13.1 Å². The summed E-state index contributed by atoms with van der Waals surface area (Å²) in [4.78, 5) is 11.1. The van der Waals surface area contributed by atoms with Gasteiger partial charge in [-0.3, -0.25) is 9.48 Å². The van der Waals surface area contributed by atoms with Crippen LogP contribution in [-0.4, -0.2) is 35.3 Å². The average Bonchev–Trinajstić information content (AvgIpc) is 2.49. The zero-order valence-electron chi connectivity index (χ0n) is 13.3. The monoisotopic (exact) mass is 317 g/mol. The number of carboxylic acids is 1. The van der Waals surface area contributed by atoms with Gasteiger partial charge in [-0.1, -0.05) is 20.8 Å². The maximum absolute atomic E-state index is 12.6. The van der Waals surface area contributed by atoms with E-state index < -0.39 is 27.4 Å². The van der Waals surface area contributed by atoms with Crippen molar-refractivity contribution in [2.75, 3.05) is 0 Å². The van der Waals surface area contributed by atoms with Crippen LogP contribution in [0.2, 0.25) is 0 Å². The smallest absolute Gasteiger partial charge is 0.304 e. The number of rotatable bonds is 5. The lowest BCUT2D eigenvalue weighted by Crippen LogP contribution is -2.45. The van der Waals surface area contributed by atoms with E-state index in [0.29, 0.717) is 11.4 Å². The van der Waals surface area contributed by atoms with Crippen LogP contribution < -0.4 is 4.72 Å². The number of carbonyl (C=O) groups is 1. The first kappa shape index (κ1) is 17.6. The third-order valence-corrected chi connectivity index (χ3v) is 5.16. The Morgan fingerprint density at radius 2 is 1.90 bits per heavy atom. The number of sulfonamides is 1. The maximum Gasteiger partial charge on any atom is 0.304 e. The molecule has 0 aliphatic carbocycles. The van der Waals surface area contributed by atoms with Gasteiger partial charge in [0.2, 0.25) is 10.0 Å². The summed E-state index contributed by atoms with van der Waals surface area (Å²) in [7, 11) is -2.16. The molecule has 1 rings (SSSR count). The van der Waals surface area contributed by atoms with Crippen LogP contribution in [0.1, 0.15) is 38.6 Å². The molecule has 21 heavy (non-hydrogen) atoms. The maximum atomic E-state index is 12.6. The van der Waals surface area contributed by atoms with Gasteiger partial charge in [0.05, 0.1) is 17.8 Å². The van der Waals surface area contributed by atoms with Crippen molar-refractivity contribution in [3.63, 3.8) is 0 Å². The van der Waals surface area contributed by atoms with Crippen molar-refractivity contribution < 1.29 is 18.3 Å². The predicted molar refractivity (Wildman–Crippen MR) is 78.5 cm³/mol. The molecule has 1 atom stereocenters. The van der Waals surface area contributed by atoms with Crippen LogP contribution in [0.4, 0.5) is 0 Å². The van der Waals surface area contributed by atoms with Crippen molar-refractivity contribution in [3.8, 4) is 0 Å². The summed E-state index contributed by atoms with van der Waals surface area (Å²) in [6, 6.07) is -0.709. The fourth-order valence-corrected chi connectivity index (χ4v) is 3.97. The van der Waals surface area contributed by atoms with Crippen molar-refractivity contribution in [2.45, 2.75) is 52.0 Å². The molecule has 0 radical (unpaired) electrons. The number of aliphatic carboxylic acids is 1. The quantitative estimate of drug-likeness (QED) is 0.850. The second-order valence-corrected chi connectivity index (χ2v) is 7.91. The molecule has 1 aromatic heterocycles. The molecule has 0 aliphatic heterocycles. The molecule has 0 saturated carbocycles. The average molecular weight is 317 g/mol. The highest BCUT2D eigenvalue weighted by atomic mass is 32.2. The minimum atomic E-state index is -3.83. The van der Waals surface area contributed by atoms with E-state index in [1.165, 1.54) is 4.68 Å². The Hall–Kier alpha value is -1.41. The third kappa shape index (κ3) is 4.04. The highest BCUT2D eigenvalue weighted by Gasteiger charge is 2.33. The lowest BCUT2D eigenvalue weighted by atomic mass is 9.85. The minimum Gasteiger partial charge on any atom is -0.481 e. The first-order chi connectivity index (χ1) is 9.36. The Labute approximate surface area is 125 Å². The lowest BCUT2D eigenvalue weighted by molar-refractivity contribution is -0.138. The van der Waals surface area contributed by atoms with E-state index in [0.717, 1.165) is 0 Å². The van der Waals surface area contributed by atoms with Gasteiger partial charge in [-0.25, -0.2) is 13.1 Å². The molecule has 8 heteroatoms. The van der Waals surface area contributed by atoms with Gasteiger partial charge in [0.25, 0.3) is 0 Å². The zero-order chi connectivity index (χ0) is 16.6. The minimum absolute atomic E-state index is 0.115. The van der Waals surface area contributed by atoms with Crippen LogP contribution in [-0.2, 0) is 21.9 Å². The van der Waals surface area contributed by atoms with Gasteiger partial charge in [-0.05, 0) is 19.3 Å². The van der Waals surface area contributed by atoms with E-state index in [2.05, 4.69) is 9.82 Å². The summed E-state index contributed by atoms with van der Waals surface area (Å²) in [5, 5.41) is 13.1. The highest BCUT2D eigenvalue weighted by molar-refractivity contribution is 7.89. The van der Waals surface area contributed by atoms with Gasteiger partial charge in [0.15, 0.2) is 0 Å². The standard InChI is InChI=1S/C13H23N3O4S/c1-8-12(9(2)16(6)14-8)21(19,20)15-10(7-11(17)18)13(3,4)5/h10,15H,7H2,1-6H3,(H,17,18). The molecule has 0 spiro atoms. The second kappa shape index (κ2) is 5.76. The highest BCUT2D eigenvalue weighted by Crippen LogP contribution is 2.25. The molecular weight excluding hydrogens is 294 g/mol. The van der Waals surface area contributed by atoms with Crippen molar-refractivity contribution in [1.29, 1.82) is 0 Å².